The first-order valence-corrected chi connectivity index (χ1v) is 11.2. The van der Waals surface area contributed by atoms with Gasteiger partial charge in [0.25, 0.3) is 0 Å². The van der Waals surface area contributed by atoms with Crippen LogP contribution in [-0.4, -0.2) is 67.3 Å². The monoisotopic (exact) mass is 419 g/mol. The molecule has 8 heteroatoms. The molecule has 2 aromatic carbocycles. The van der Waals surface area contributed by atoms with E-state index >= 15 is 0 Å². The minimum Gasteiger partial charge on any atom is -0.493 e. The van der Waals surface area contributed by atoms with Crippen molar-refractivity contribution in [3.8, 4) is 11.5 Å². The number of likely N-dealkylation sites (N-methyl/N-ethyl adjacent to an activating group) is 1. The number of nitrogens with zero attached hydrogens (tertiary/aromatic N) is 2. The van der Waals surface area contributed by atoms with E-state index in [-0.39, 0.29) is 4.90 Å². The van der Waals surface area contributed by atoms with Gasteiger partial charge < -0.3 is 19.3 Å². The van der Waals surface area contributed by atoms with Crippen molar-refractivity contribution in [1.82, 2.24) is 9.62 Å². The highest BCUT2D eigenvalue weighted by atomic mass is 32.2. The summed E-state index contributed by atoms with van der Waals surface area (Å²) in [5.41, 5.74) is 2.31. The van der Waals surface area contributed by atoms with Crippen LogP contribution in [0.5, 0.6) is 11.5 Å². The topological polar surface area (TPSA) is 71.1 Å². The molecule has 0 atom stereocenters. The molecule has 1 saturated heterocycles. The van der Waals surface area contributed by atoms with Crippen LogP contribution in [0.4, 0.5) is 5.69 Å². The second kappa shape index (κ2) is 9.47. The molecule has 0 amide bonds. The molecule has 1 fully saturated rings. The normalized spacial score (nSPS) is 15.3. The van der Waals surface area contributed by atoms with Crippen molar-refractivity contribution in [1.29, 1.82) is 0 Å². The Morgan fingerprint density at radius 1 is 0.931 bits per heavy atom. The van der Waals surface area contributed by atoms with Crippen LogP contribution in [0, 0.1) is 0 Å². The maximum absolute atomic E-state index is 12.6. The summed E-state index contributed by atoms with van der Waals surface area (Å²) in [5, 5.41) is 0. The van der Waals surface area contributed by atoms with Crippen LogP contribution in [-0.2, 0) is 16.4 Å². The van der Waals surface area contributed by atoms with Gasteiger partial charge in [-0.05, 0) is 43.3 Å². The summed E-state index contributed by atoms with van der Waals surface area (Å²) in [5.74, 6) is 0.877. The van der Waals surface area contributed by atoms with E-state index in [0.29, 0.717) is 24.5 Å². The fourth-order valence-corrected chi connectivity index (χ4v) is 4.38. The molecule has 158 valence electrons. The predicted molar refractivity (Wildman–Crippen MR) is 115 cm³/mol. The molecule has 1 heterocycles. The van der Waals surface area contributed by atoms with E-state index in [0.717, 1.165) is 31.7 Å². The number of methoxy groups -OCH3 is 2. The van der Waals surface area contributed by atoms with Crippen LogP contribution in [0.15, 0.2) is 47.4 Å². The fourth-order valence-electron chi connectivity index (χ4n) is 3.33. The first-order valence-electron chi connectivity index (χ1n) is 9.67. The minimum atomic E-state index is -3.62. The standard InChI is InChI=1S/C21H29N3O4S/c1-23-12-14-24(15-13-23)18-6-4-17(5-7-18)10-11-22-29(25,26)19-8-9-20(27-2)21(16-19)28-3/h4-9,16,22H,10-15H2,1-3H3. The number of hydrogen-bond donors (Lipinski definition) is 1. The highest BCUT2D eigenvalue weighted by Crippen LogP contribution is 2.29. The van der Waals surface area contributed by atoms with Gasteiger partial charge in [-0.1, -0.05) is 12.1 Å². The van der Waals surface area contributed by atoms with Gasteiger partial charge in [0.05, 0.1) is 19.1 Å². The number of benzene rings is 2. The Hall–Kier alpha value is -2.29. The molecule has 7 nitrogen and oxygen atoms in total. The Morgan fingerprint density at radius 3 is 2.21 bits per heavy atom. The van der Waals surface area contributed by atoms with Gasteiger partial charge >= 0.3 is 0 Å². The third-order valence-corrected chi connectivity index (χ3v) is 6.63. The fraction of sp³-hybridized carbons (Fsp3) is 0.429. The average molecular weight is 420 g/mol. The maximum Gasteiger partial charge on any atom is 0.240 e. The lowest BCUT2D eigenvalue weighted by molar-refractivity contribution is 0.313. The van der Waals surface area contributed by atoms with E-state index < -0.39 is 10.0 Å². The molecule has 0 bridgehead atoms. The Balaban J connectivity index is 1.56. The maximum atomic E-state index is 12.6. The highest BCUT2D eigenvalue weighted by molar-refractivity contribution is 7.89. The molecule has 0 radical (unpaired) electrons. The largest absolute Gasteiger partial charge is 0.493 e. The molecule has 0 unspecified atom stereocenters. The van der Waals surface area contributed by atoms with E-state index in [1.54, 1.807) is 6.07 Å². The van der Waals surface area contributed by atoms with E-state index in [1.165, 1.54) is 32.0 Å². The summed E-state index contributed by atoms with van der Waals surface area (Å²) < 4.78 is 38.1. The zero-order valence-corrected chi connectivity index (χ0v) is 18.0. The van der Waals surface area contributed by atoms with Crippen LogP contribution < -0.4 is 19.1 Å². The SMILES string of the molecule is COc1ccc(S(=O)(=O)NCCc2ccc(N3CCN(C)CC3)cc2)cc1OC. The Bertz CT molecular complexity index is 908. The first-order chi connectivity index (χ1) is 13.9. The molecule has 0 aliphatic carbocycles. The summed E-state index contributed by atoms with van der Waals surface area (Å²) in [6, 6.07) is 12.9. The molecule has 2 aromatic rings. The van der Waals surface area contributed by atoms with Gasteiger partial charge in [-0.25, -0.2) is 13.1 Å². The van der Waals surface area contributed by atoms with Crippen molar-refractivity contribution in [2.45, 2.75) is 11.3 Å². The zero-order chi connectivity index (χ0) is 20.9. The molecule has 0 aromatic heterocycles. The summed E-state index contributed by atoms with van der Waals surface area (Å²) in [4.78, 5) is 4.86. The van der Waals surface area contributed by atoms with Gasteiger partial charge in [0, 0.05) is 44.5 Å². The number of piperazine rings is 1. The van der Waals surface area contributed by atoms with Gasteiger partial charge in [-0.15, -0.1) is 0 Å². The Morgan fingerprint density at radius 2 is 1.59 bits per heavy atom. The van der Waals surface area contributed by atoms with Gasteiger partial charge in [-0.2, -0.15) is 0 Å². The van der Waals surface area contributed by atoms with Crippen LogP contribution >= 0.6 is 0 Å². The van der Waals surface area contributed by atoms with Crippen molar-refractivity contribution in [3.05, 3.63) is 48.0 Å². The van der Waals surface area contributed by atoms with Crippen LogP contribution in [0.2, 0.25) is 0 Å². The van der Waals surface area contributed by atoms with E-state index in [4.69, 9.17) is 9.47 Å². The molecular weight excluding hydrogens is 390 g/mol. The number of hydrogen-bond acceptors (Lipinski definition) is 6. The van der Waals surface area contributed by atoms with Gasteiger partial charge in [-0.3, -0.25) is 0 Å². The number of rotatable bonds is 8. The van der Waals surface area contributed by atoms with Gasteiger partial charge in [0.15, 0.2) is 11.5 Å². The van der Waals surface area contributed by atoms with Crippen molar-refractivity contribution in [3.63, 3.8) is 0 Å². The molecule has 1 N–H and O–H groups in total. The van der Waals surface area contributed by atoms with Crippen LogP contribution in [0.3, 0.4) is 0 Å². The number of ether oxygens (including phenoxy) is 2. The van der Waals surface area contributed by atoms with Crippen LogP contribution in [0.25, 0.3) is 0 Å². The molecule has 29 heavy (non-hydrogen) atoms. The van der Waals surface area contributed by atoms with Gasteiger partial charge in [0.1, 0.15) is 0 Å². The zero-order valence-electron chi connectivity index (χ0n) is 17.2. The Labute approximate surface area is 173 Å². The van der Waals surface area contributed by atoms with E-state index in [1.807, 2.05) is 0 Å². The molecule has 0 saturated carbocycles. The number of sulfonamides is 1. The summed E-state index contributed by atoms with van der Waals surface area (Å²) in [6.45, 7) is 4.52. The van der Waals surface area contributed by atoms with Crippen molar-refractivity contribution in [2.75, 3.05) is 58.9 Å². The van der Waals surface area contributed by atoms with Crippen molar-refractivity contribution in [2.24, 2.45) is 0 Å². The lowest BCUT2D eigenvalue weighted by Crippen LogP contribution is -2.44. The average Bonchev–Trinajstić information content (AvgIpc) is 2.74. The molecule has 1 aliphatic heterocycles. The number of anilines is 1. The lowest BCUT2D eigenvalue weighted by atomic mass is 10.1. The van der Waals surface area contributed by atoms with E-state index in [9.17, 15) is 8.42 Å². The van der Waals surface area contributed by atoms with E-state index in [2.05, 4.69) is 45.8 Å². The molecular formula is C21H29N3O4S. The summed E-state index contributed by atoms with van der Waals surface area (Å²) in [6.07, 6.45) is 0.621. The van der Waals surface area contributed by atoms with Crippen molar-refractivity contribution < 1.29 is 17.9 Å². The Kier molecular flexibility index (Phi) is 7.00. The quantitative estimate of drug-likeness (QED) is 0.706. The minimum absolute atomic E-state index is 0.153. The molecule has 0 spiro atoms. The second-order valence-electron chi connectivity index (χ2n) is 7.12. The predicted octanol–water partition coefficient (Wildman–Crippen LogP) is 1.98. The highest BCUT2D eigenvalue weighted by Gasteiger charge is 2.17. The number of nitrogens with one attached hydrogen (secondary N) is 1. The first kappa shape index (κ1) is 21.4. The smallest absolute Gasteiger partial charge is 0.240 e. The van der Waals surface area contributed by atoms with Crippen molar-refractivity contribution >= 4 is 15.7 Å². The van der Waals surface area contributed by atoms with Gasteiger partial charge in [0.2, 0.25) is 10.0 Å². The lowest BCUT2D eigenvalue weighted by Gasteiger charge is -2.34. The molecule has 1 aliphatic rings. The third-order valence-electron chi connectivity index (χ3n) is 5.18. The summed E-state index contributed by atoms with van der Waals surface area (Å²) >= 11 is 0. The molecule has 3 rings (SSSR count). The summed E-state index contributed by atoms with van der Waals surface area (Å²) in [7, 11) is 1.52. The van der Waals surface area contributed by atoms with Crippen LogP contribution in [0.1, 0.15) is 5.56 Å². The third kappa shape index (κ3) is 5.41. The second-order valence-corrected chi connectivity index (χ2v) is 8.89.